The van der Waals surface area contributed by atoms with Crippen molar-refractivity contribution in [3.05, 3.63) is 46.2 Å². The Kier molecular flexibility index (Phi) is 4.29. The average Bonchev–Trinajstić information content (AvgIpc) is 2.88. The molecule has 0 saturated carbocycles. The number of hydrogen-bond acceptors (Lipinski definition) is 4. The molecule has 0 radical (unpaired) electrons. The van der Waals surface area contributed by atoms with Gasteiger partial charge in [-0.2, -0.15) is 5.10 Å². The second-order valence-electron chi connectivity index (χ2n) is 3.56. The molecular formula is C12H10Cl2N2O3. The minimum absolute atomic E-state index is 0.108. The van der Waals surface area contributed by atoms with Gasteiger partial charge >= 0.3 is 5.97 Å². The Bertz CT molecular complexity index is 598. The second-order valence-corrected chi connectivity index (χ2v) is 4.34. The van der Waals surface area contributed by atoms with E-state index in [4.69, 9.17) is 27.9 Å². The van der Waals surface area contributed by atoms with Crippen molar-refractivity contribution in [2.24, 2.45) is 0 Å². The van der Waals surface area contributed by atoms with Gasteiger partial charge in [0.15, 0.2) is 12.4 Å². The molecule has 7 heteroatoms. The van der Waals surface area contributed by atoms with E-state index in [0.29, 0.717) is 15.8 Å². The van der Waals surface area contributed by atoms with Gasteiger partial charge in [0.25, 0.3) is 0 Å². The normalized spacial score (nSPS) is 10.3. The highest BCUT2D eigenvalue weighted by molar-refractivity contribution is 6.42. The number of ether oxygens (including phenoxy) is 2. The summed E-state index contributed by atoms with van der Waals surface area (Å²) >= 11 is 11.8. The lowest BCUT2D eigenvalue weighted by Crippen LogP contribution is -2.08. The predicted octanol–water partition coefficient (Wildman–Crippen LogP) is 3.01. The Morgan fingerprint density at radius 3 is 2.89 bits per heavy atom. The minimum atomic E-state index is -0.500. The Labute approximate surface area is 119 Å². The molecule has 1 aromatic heterocycles. The van der Waals surface area contributed by atoms with Crippen molar-refractivity contribution >= 4 is 29.2 Å². The number of carbonyl (C=O) groups is 1. The average molecular weight is 301 g/mol. The van der Waals surface area contributed by atoms with E-state index in [2.05, 4.69) is 9.84 Å². The zero-order valence-electron chi connectivity index (χ0n) is 9.97. The molecule has 0 spiro atoms. The molecular weight excluding hydrogens is 291 g/mol. The fourth-order valence-corrected chi connectivity index (χ4v) is 1.72. The van der Waals surface area contributed by atoms with Crippen LogP contribution in [0.2, 0.25) is 10.0 Å². The summed E-state index contributed by atoms with van der Waals surface area (Å²) in [5.74, 6) is -0.0520. The minimum Gasteiger partial charge on any atom is -0.470 e. The van der Waals surface area contributed by atoms with Crippen LogP contribution in [0.4, 0.5) is 0 Å². The van der Waals surface area contributed by atoms with Crippen molar-refractivity contribution in [1.82, 2.24) is 9.78 Å². The molecule has 0 unspecified atom stereocenters. The highest BCUT2D eigenvalue weighted by Gasteiger charge is 2.10. The van der Waals surface area contributed by atoms with Gasteiger partial charge in [-0.3, -0.25) is 0 Å². The van der Waals surface area contributed by atoms with E-state index < -0.39 is 5.97 Å². The summed E-state index contributed by atoms with van der Waals surface area (Å²) in [5.41, 5.74) is 0.211. The predicted molar refractivity (Wildman–Crippen MR) is 70.7 cm³/mol. The molecule has 0 aliphatic carbocycles. The second kappa shape index (κ2) is 5.95. The van der Waals surface area contributed by atoms with Gasteiger partial charge in [-0.15, -0.1) is 0 Å². The van der Waals surface area contributed by atoms with E-state index in [1.165, 1.54) is 17.9 Å². The van der Waals surface area contributed by atoms with Crippen LogP contribution in [0, 0.1) is 0 Å². The van der Waals surface area contributed by atoms with Crippen molar-refractivity contribution in [2.45, 2.75) is 6.73 Å². The molecule has 19 heavy (non-hydrogen) atoms. The number of esters is 1. The van der Waals surface area contributed by atoms with Crippen LogP contribution in [-0.2, 0) is 11.5 Å². The molecule has 0 bridgehead atoms. The third-order valence-corrected chi connectivity index (χ3v) is 3.11. The summed E-state index contributed by atoms with van der Waals surface area (Å²) < 4.78 is 11.5. The number of hydrogen-bond donors (Lipinski definition) is 0. The Morgan fingerprint density at radius 1 is 1.37 bits per heavy atom. The lowest BCUT2D eigenvalue weighted by molar-refractivity contribution is 0.0592. The molecule has 0 atom stereocenters. The summed E-state index contributed by atoms with van der Waals surface area (Å²) in [4.78, 5) is 11.2. The molecule has 0 fully saturated rings. The van der Waals surface area contributed by atoms with E-state index in [1.807, 2.05) is 0 Å². The fraction of sp³-hybridized carbons (Fsp3) is 0.167. The number of nitrogens with zero attached hydrogens (tertiary/aromatic N) is 2. The summed E-state index contributed by atoms with van der Waals surface area (Å²) in [5, 5.41) is 4.74. The maximum absolute atomic E-state index is 11.2. The van der Waals surface area contributed by atoms with Gasteiger partial charge in [0.2, 0.25) is 0 Å². The third-order valence-electron chi connectivity index (χ3n) is 2.30. The van der Waals surface area contributed by atoms with Crippen LogP contribution < -0.4 is 4.74 Å². The van der Waals surface area contributed by atoms with Crippen LogP contribution in [0.1, 0.15) is 10.5 Å². The summed E-state index contributed by atoms with van der Waals surface area (Å²) in [6.45, 7) is 0.108. The summed E-state index contributed by atoms with van der Waals surface area (Å²) in [6, 6.07) is 6.63. The number of halogens is 2. The van der Waals surface area contributed by atoms with E-state index in [1.54, 1.807) is 24.4 Å². The summed E-state index contributed by atoms with van der Waals surface area (Å²) in [7, 11) is 1.30. The lowest BCUT2D eigenvalue weighted by atomic mass is 10.3. The van der Waals surface area contributed by atoms with E-state index in [-0.39, 0.29) is 12.4 Å². The van der Waals surface area contributed by atoms with E-state index in [0.717, 1.165) is 0 Å². The van der Waals surface area contributed by atoms with Gasteiger partial charge in [0, 0.05) is 6.20 Å². The van der Waals surface area contributed by atoms with Crippen LogP contribution in [0.15, 0.2) is 30.5 Å². The fourth-order valence-electron chi connectivity index (χ4n) is 1.38. The van der Waals surface area contributed by atoms with E-state index in [9.17, 15) is 4.79 Å². The van der Waals surface area contributed by atoms with Crippen molar-refractivity contribution in [3.8, 4) is 5.75 Å². The highest BCUT2D eigenvalue weighted by atomic mass is 35.5. The Morgan fingerprint density at radius 2 is 2.16 bits per heavy atom. The van der Waals surface area contributed by atoms with Gasteiger partial charge in [0.1, 0.15) is 10.8 Å². The molecule has 0 N–H and O–H groups in total. The molecule has 0 amide bonds. The van der Waals surface area contributed by atoms with Crippen LogP contribution in [-0.4, -0.2) is 22.9 Å². The van der Waals surface area contributed by atoms with Crippen molar-refractivity contribution in [3.63, 3.8) is 0 Å². The largest absolute Gasteiger partial charge is 0.470 e. The number of aromatic nitrogens is 2. The Hall–Kier alpha value is -1.72. The third kappa shape index (κ3) is 3.19. The van der Waals surface area contributed by atoms with Gasteiger partial charge in [-0.25, -0.2) is 9.48 Å². The van der Waals surface area contributed by atoms with Crippen molar-refractivity contribution in [2.75, 3.05) is 7.11 Å². The van der Waals surface area contributed by atoms with Gasteiger partial charge in [-0.05, 0) is 18.2 Å². The number of rotatable bonds is 4. The van der Waals surface area contributed by atoms with Gasteiger partial charge in [0.05, 0.1) is 12.1 Å². The molecule has 2 rings (SSSR count). The maximum Gasteiger partial charge on any atom is 0.358 e. The number of carbonyl (C=O) groups excluding carboxylic acids is 1. The van der Waals surface area contributed by atoms with Crippen LogP contribution in [0.3, 0.4) is 0 Å². The zero-order chi connectivity index (χ0) is 13.8. The number of methoxy groups -OCH3 is 1. The zero-order valence-corrected chi connectivity index (χ0v) is 11.5. The lowest BCUT2D eigenvalue weighted by Gasteiger charge is -2.08. The monoisotopic (exact) mass is 300 g/mol. The summed E-state index contributed by atoms with van der Waals surface area (Å²) in [6.07, 6.45) is 1.60. The smallest absolute Gasteiger partial charge is 0.358 e. The molecule has 1 aromatic carbocycles. The van der Waals surface area contributed by atoms with Crippen LogP contribution in [0.5, 0.6) is 5.75 Å². The van der Waals surface area contributed by atoms with Gasteiger partial charge in [-0.1, -0.05) is 29.3 Å². The first-order valence-corrected chi connectivity index (χ1v) is 6.06. The standard InChI is InChI=1S/C12H10Cl2N2O3/c1-18-12(17)9-5-6-16(15-9)7-19-10-4-2-3-8(13)11(10)14/h2-6H,7H2,1H3. The van der Waals surface area contributed by atoms with Gasteiger partial charge < -0.3 is 9.47 Å². The molecule has 0 aliphatic rings. The molecule has 2 aromatic rings. The first-order chi connectivity index (χ1) is 9.11. The molecule has 100 valence electrons. The molecule has 0 aliphatic heterocycles. The Balaban J connectivity index is 2.04. The SMILES string of the molecule is COC(=O)c1ccn(COc2cccc(Cl)c2Cl)n1. The molecule has 5 nitrogen and oxygen atoms in total. The van der Waals surface area contributed by atoms with Crippen LogP contribution >= 0.6 is 23.2 Å². The first-order valence-electron chi connectivity index (χ1n) is 5.30. The molecule has 1 heterocycles. The highest BCUT2D eigenvalue weighted by Crippen LogP contribution is 2.31. The van der Waals surface area contributed by atoms with Crippen LogP contribution in [0.25, 0.3) is 0 Å². The van der Waals surface area contributed by atoms with Crippen molar-refractivity contribution < 1.29 is 14.3 Å². The first kappa shape index (κ1) is 13.7. The molecule has 0 saturated heterocycles. The van der Waals surface area contributed by atoms with Crippen molar-refractivity contribution in [1.29, 1.82) is 0 Å². The number of benzene rings is 1. The quantitative estimate of drug-likeness (QED) is 0.815. The topological polar surface area (TPSA) is 53.4 Å². The van der Waals surface area contributed by atoms with E-state index >= 15 is 0 Å². The maximum atomic E-state index is 11.2.